The molecule has 1 unspecified atom stereocenters. The molecular formula is C18H15ClN4O3S3. The minimum atomic E-state index is -0.691. The van der Waals surface area contributed by atoms with Crippen LogP contribution in [-0.4, -0.2) is 28.6 Å². The number of hydrogen-bond acceptors (Lipinski definition) is 8. The molecule has 0 bridgehead atoms. The number of oxime groups is 1. The van der Waals surface area contributed by atoms with E-state index in [1.54, 1.807) is 17.4 Å². The average molecular weight is 467 g/mol. The number of carbonyl (C=O) groups is 2. The first-order valence-corrected chi connectivity index (χ1v) is 11.5. The van der Waals surface area contributed by atoms with Gasteiger partial charge in [-0.15, -0.1) is 34.0 Å². The van der Waals surface area contributed by atoms with Gasteiger partial charge in [-0.25, -0.2) is 4.98 Å². The highest BCUT2D eigenvalue weighted by molar-refractivity contribution is 7.18. The van der Waals surface area contributed by atoms with Crippen LogP contribution < -0.4 is 10.6 Å². The summed E-state index contributed by atoms with van der Waals surface area (Å²) in [7, 11) is 0. The maximum atomic E-state index is 12.5. The molecule has 0 saturated heterocycles. The summed E-state index contributed by atoms with van der Waals surface area (Å²) in [5.41, 5.74) is 1.49. The molecular weight excluding hydrogens is 452 g/mol. The van der Waals surface area contributed by atoms with Gasteiger partial charge in [-0.3, -0.25) is 14.9 Å². The molecule has 1 aliphatic heterocycles. The molecule has 0 radical (unpaired) electrons. The fourth-order valence-electron chi connectivity index (χ4n) is 2.59. The summed E-state index contributed by atoms with van der Waals surface area (Å²) in [6, 6.07) is 7.56. The average Bonchev–Trinajstić information content (AvgIpc) is 3.46. The molecule has 2 amide bonds. The van der Waals surface area contributed by atoms with Crippen LogP contribution in [0.15, 0.2) is 34.8 Å². The van der Waals surface area contributed by atoms with E-state index in [9.17, 15) is 9.59 Å². The number of aromatic nitrogens is 1. The van der Waals surface area contributed by atoms with Gasteiger partial charge in [0.25, 0.3) is 5.91 Å². The number of hydrogen-bond donors (Lipinski definition) is 2. The van der Waals surface area contributed by atoms with Gasteiger partial charge in [0.05, 0.1) is 26.3 Å². The Balaban J connectivity index is 1.35. The number of rotatable bonds is 6. The van der Waals surface area contributed by atoms with Crippen LogP contribution in [0.5, 0.6) is 0 Å². The summed E-state index contributed by atoms with van der Waals surface area (Å²) >= 11 is 10.2. The second-order valence-corrected chi connectivity index (χ2v) is 9.88. The van der Waals surface area contributed by atoms with Gasteiger partial charge in [0, 0.05) is 23.6 Å². The zero-order chi connectivity index (χ0) is 20.4. The summed E-state index contributed by atoms with van der Waals surface area (Å²) in [6.07, 6.45) is -0.303. The van der Waals surface area contributed by atoms with E-state index in [2.05, 4.69) is 20.8 Å². The highest BCUT2D eigenvalue weighted by atomic mass is 35.5. The van der Waals surface area contributed by atoms with Crippen molar-refractivity contribution in [1.82, 2.24) is 10.3 Å². The first-order chi connectivity index (χ1) is 14.0. The molecule has 0 fully saturated rings. The molecule has 0 saturated carbocycles. The third-order valence-corrected chi connectivity index (χ3v) is 7.12. The van der Waals surface area contributed by atoms with Crippen molar-refractivity contribution in [3.8, 4) is 10.6 Å². The van der Waals surface area contributed by atoms with E-state index in [0.717, 1.165) is 20.3 Å². The van der Waals surface area contributed by atoms with Gasteiger partial charge in [0.15, 0.2) is 5.13 Å². The standard InChI is InChI=1S/C18H15ClN4O3S3/c1-9(24)20-7-10-2-3-15(28-10)12-8-27-18(21-12)22-17(25)13-6-11(23-26-13)14-4-5-16(19)29-14/h2-5,8,13H,6-7H2,1H3,(H,20,24)(H,21,22,25). The molecule has 3 aromatic heterocycles. The normalized spacial score (nSPS) is 15.7. The number of amides is 2. The molecule has 2 N–H and O–H groups in total. The molecule has 4 heterocycles. The number of thiazole rings is 1. The van der Waals surface area contributed by atoms with Crippen molar-refractivity contribution < 1.29 is 14.4 Å². The maximum absolute atomic E-state index is 12.5. The summed E-state index contributed by atoms with van der Waals surface area (Å²) in [5, 5.41) is 12.0. The van der Waals surface area contributed by atoms with Crippen LogP contribution in [0.25, 0.3) is 10.6 Å². The van der Waals surface area contributed by atoms with Crippen LogP contribution in [0.1, 0.15) is 23.1 Å². The summed E-state index contributed by atoms with van der Waals surface area (Å²) in [6.45, 7) is 1.98. The lowest BCUT2D eigenvalue weighted by Crippen LogP contribution is -2.27. The second-order valence-electron chi connectivity index (χ2n) is 6.14. The number of thiophene rings is 2. The Morgan fingerprint density at radius 1 is 1.24 bits per heavy atom. The third kappa shape index (κ3) is 4.84. The maximum Gasteiger partial charge on any atom is 0.270 e. The van der Waals surface area contributed by atoms with Crippen LogP contribution in [0, 0.1) is 0 Å². The second kappa shape index (κ2) is 8.62. The number of anilines is 1. The fourth-order valence-corrected chi connectivity index (χ4v) is 5.31. The largest absolute Gasteiger partial charge is 0.382 e. The Hall–Kier alpha value is -2.27. The van der Waals surface area contributed by atoms with Crippen molar-refractivity contribution in [2.45, 2.75) is 26.0 Å². The first-order valence-electron chi connectivity index (χ1n) is 8.56. The van der Waals surface area contributed by atoms with Gasteiger partial charge < -0.3 is 10.2 Å². The highest BCUT2D eigenvalue weighted by Crippen LogP contribution is 2.31. The van der Waals surface area contributed by atoms with E-state index in [-0.39, 0.29) is 11.8 Å². The molecule has 150 valence electrons. The van der Waals surface area contributed by atoms with E-state index in [1.807, 2.05) is 23.6 Å². The van der Waals surface area contributed by atoms with Crippen LogP contribution in [0.4, 0.5) is 5.13 Å². The molecule has 4 rings (SSSR count). The van der Waals surface area contributed by atoms with Crippen molar-refractivity contribution in [3.05, 3.63) is 43.7 Å². The van der Waals surface area contributed by atoms with Crippen molar-refractivity contribution in [3.63, 3.8) is 0 Å². The Morgan fingerprint density at radius 2 is 2.07 bits per heavy atom. The van der Waals surface area contributed by atoms with Crippen molar-refractivity contribution in [2.75, 3.05) is 5.32 Å². The molecule has 0 aromatic carbocycles. The Morgan fingerprint density at radius 3 is 2.83 bits per heavy atom. The Kier molecular flexibility index (Phi) is 5.95. The van der Waals surface area contributed by atoms with Crippen LogP contribution in [0.3, 0.4) is 0 Å². The van der Waals surface area contributed by atoms with E-state index in [1.165, 1.54) is 29.6 Å². The van der Waals surface area contributed by atoms with E-state index >= 15 is 0 Å². The quantitative estimate of drug-likeness (QED) is 0.564. The minimum Gasteiger partial charge on any atom is -0.382 e. The molecule has 0 spiro atoms. The lowest BCUT2D eigenvalue weighted by molar-refractivity contribution is -0.125. The smallest absolute Gasteiger partial charge is 0.270 e. The van der Waals surface area contributed by atoms with Gasteiger partial charge in [-0.2, -0.15) is 0 Å². The third-order valence-electron chi connectivity index (χ3n) is 3.98. The fraction of sp³-hybridized carbons (Fsp3) is 0.222. The van der Waals surface area contributed by atoms with E-state index < -0.39 is 6.10 Å². The molecule has 11 heteroatoms. The summed E-state index contributed by atoms with van der Waals surface area (Å²) < 4.78 is 0.666. The molecule has 1 atom stereocenters. The van der Waals surface area contributed by atoms with Crippen LogP contribution >= 0.6 is 45.6 Å². The van der Waals surface area contributed by atoms with Crippen LogP contribution in [-0.2, 0) is 21.0 Å². The van der Waals surface area contributed by atoms with E-state index in [0.29, 0.717) is 28.1 Å². The summed E-state index contributed by atoms with van der Waals surface area (Å²) in [5.74, 6) is -0.355. The summed E-state index contributed by atoms with van der Waals surface area (Å²) in [4.78, 5) is 36.2. The predicted molar refractivity (Wildman–Crippen MR) is 117 cm³/mol. The Bertz CT molecular complexity index is 1090. The van der Waals surface area contributed by atoms with Crippen molar-refractivity contribution in [1.29, 1.82) is 0 Å². The molecule has 7 nitrogen and oxygen atoms in total. The zero-order valence-corrected chi connectivity index (χ0v) is 18.3. The highest BCUT2D eigenvalue weighted by Gasteiger charge is 2.30. The first kappa shape index (κ1) is 20.0. The number of carbonyl (C=O) groups excluding carboxylic acids is 2. The topological polar surface area (TPSA) is 92.7 Å². The minimum absolute atomic E-state index is 0.0675. The lowest BCUT2D eigenvalue weighted by Gasteiger charge is -2.06. The monoisotopic (exact) mass is 466 g/mol. The zero-order valence-electron chi connectivity index (χ0n) is 15.1. The Labute approximate surface area is 183 Å². The van der Waals surface area contributed by atoms with Crippen molar-refractivity contribution >= 4 is 68.3 Å². The van der Waals surface area contributed by atoms with Gasteiger partial charge in [-0.05, 0) is 24.3 Å². The van der Waals surface area contributed by atoms with Crippen molar-refractivity contribution in [2.24, 2.45) is 5.16 Å². The molecule has 29 heavy (non-hydrogen) atoms. The number of nitrogens with one attached hydrogen (secondary N) is 2. The van der Waals surface area contributed by atoms with Crippen LogP contribution in [0.2, 0.25) is 4.34 Å². The van der Waals surface area contributed by atoms with E-state index in [4.69, 9.17) is 16.4 Å². The van der Waals surface area contributed by atoms with Gasteiger partial charge >= 0.3 is 0 Å². The molecule has 3 aromatic rings. The molecule has 1 aliphatic rings. The van der Waals surface area contributed by atoms with Gasteiger partial charge in [-0.1, -0.05) is 16.8 Å². The number of halogens is 1. The SMILES string of the molecule is CC(=O)NCc1ccc(-c2csc(NC(=O)C3CC(c4ccc(Cl)s4)=NO3)n2)s1. The van der Waals surface area contributed by atoms with Gasteiger partial charge in [0.1, 0.15) is 5.71 Å². The number of nitrogens with zero attached hydrogens (tertiary/aromatic N) is 2. The van der Waals surface area contributed by atoms with Gasteiger partial charge in [0.2, 0.25) is 12.0 Å². The molecule has 0 aliphatic carbocycles. The lowest BCUT2D eigenvalue weighted by atomic mass is 10.1. The predicted octanol–water partition coefficient (Wildman–Crippen LogP) is 4.35.